The molecule has 0 fully saturated rings. The Morgan fingerprint density at radius 2 is 1.70 bits per heavy atom. The SMILES string of the molecule is Cc1cc(Br)ccc1NC(=O)c1cc(F)c(F)c(F)c1. The quantitative estimate of drug-likeness (QED) is 0.803. The lowest BCUT2D eigenvalue weighted by Gasteiger charge is -2.09. The van der Waals surface area contributed by atoms with Gasteiger partial charge in [-0.1, -0.05) is 15.9 Å². The van der Waals surface area contributed by atoms with E-state index in [9.17, 15) is 18.0 Å². The van der Waals surface area contributed by atoms with Crippen LogP contribution in [-0.4, -0.2) is 5.91 Å². The van der Waals surface area contributed by atoms with Crippen LogP contribution >= 0.6 is 15.9 Å². The fourth-order valence-corrected chi connectivity index (χ4v) is 2.12. The Kier molecular flexibility index (Phi) is 4.13. The number of carbonyl (C=O) groups is 1. The van der Waals surface area contributed by atoms with E-state index >= 15 is 0 Å². The van der Waals surface area contributed by atoms with Crippen LogP contribution < -0.4 is 5.32 Å². The highest BCUT2D eigenvalue weighted by atomic mass is 79.9. The smallest absolute Gasteiger partial charge is 0.255 e. The van der Waals surface area contributed by atoms with Gasteiger partial charge in [-0.2, -0.15) is 0 Å². The van der Waals surface area contributed by atoms with Crippen LogP contribution in [0.25, 0.3) is 0 Å². The first-order chi connectivity index (χ1) is 9.38. The second kappa shape index (κ2) is 5.66. The van der Waals surface area contributed by atoms with Crippen LogP contribution in [0.4, 0.5) is 18.9 Å². The molecular formula is C14H9BrF3NO. The zero-order valence-corrected chi connectivity index (χ0v) is 11.9. The molecule has 0 saturated carbocycles. The molecule has 0 radical (unpaired) electrons. The van der Waals surface area contributed by atoms with Crippen LogP contribution in [-0.2, 0) is 0 Å². The summed E-state index contributed by atoms with van der Waals surface area (Å²) >= 11 is 3.28. The van der Waals surface area contributed by atoms with E-state index in [4.69, 9.17) is 0 Å². The Balaban J connectivity index is 2.28. The molecule has 2 aromatic carbocycles. The van der Waals surface area contributed by atoms with Crippen LogP contribution in [0.15, 0.2) is 34.8 Å². The molecule has 2 nitrogen and oxygen atoms in total. The highest BCUT2D eigenvalue weighted by Crippen LogP contribution is 2.21. The summed E-state index contributed by atoms with van der Waals surface area (Å²) in [4.78, 5) is 11.9. The lowest BCUT2D eigenvalue weighted by atomic mass is 10.1. The third kappa shape index (κ3) is 3.01. The molecule has 6 heteroatoms. The van der Waals surface area contributed by atoms with Gasteiger partial charge in [0.1, 0.15) is 0 Å². The van der Waals surface area contributed by atoms with Crippen LogP contribution in [0.1, 0.15) is 15.9 Å². The molecule has 2 rings (SSSR count). The van der Waals surface area contributed by atoms with Gasteiger partial charge in [0, 0.05) is 15.7 Å². The second-order valence-corrected chi connectivity index (χ2v) is 5.08. The van der Waals surface area contributed by atoms with E-state index < -0.39 is 23.4 Å². The number of rotatable bonds is 2. The number of carbonyl (C=O) groups excluding carboxylic acids is 1. The van der Waals surface area contributed by atoms with Crippen LogP contribution in [0.5, 0.6) is 0 Å². The predicted molar refractivity (Wildman–Crippen MR) is 73.1 cm³/mol. The largest absolute Gasteiger partial charge is 0.322 e. The fourth-order valence-electron chi connectivity index (χ4n) is 1.65. The van der Waals surface area contributed by atoms with Gasteiger partial charge in [0.05, 0.1) is 0 Å². The van der Waals surface area contributed by atoms with Crippen molar-refractivity contribution in [2.45, 2.75) is 6.92 Å². The normalized spacial score (nSPS) is 10.4. The summed E-state index contributed by atoms with van der Waals surface area (Å²) < 4.78 is 39.8. The van der Waals surface area contributed by atoms with Gasteiger partial charge in [-0.25, -0.2) is 13.2 Å². The van der Waals surface area contributed by atoms with E-state index in [0.29, 0.717) is 17.8 Å². The molecule has 0 heterocycles. The van der Waals surface area contributed by atoms with Gasteiger partial charge in [-0.05, 0) is 42.8 Å². The molecule has 0 spiro atoms. The number of halogens is 4. The standard InChI is InChI=1S/C14H9BrF3NO/c1-7-4-9(15)2-3-12(7)19-14(20)8-5-10(16)13(18)11(17)6-8/h2-6H,1H3,(H,19,20). The molecule has 0 atom stereocenters. The maximum atomic E-state index is 13.1. The van der Waals surface area contributed by atoms with E-state index in [1.54, 1.807) is 25.1 Å². The molecule has 0 bridgehead atoms. The number of hydrogen-bond donors (Lipinski definition) is 1. The number of anilines is 1. The van der Waals surface area contributed by atoms with E-state index in [0.717, 1.165) is 10.0 Å². The summed E-state index contributed by atoms with van der Waals surface area (Å²) in [7, 11) is 0. The van der Waals surface area contributed by atoms with Crippen LogP contribution in [0.2, 0.25) is 0 Å². The molecule has 0 aliphatic carbocycles. The van der Waals surface area contributed by atoms with Crippen molar-refractivity contribution in [1.29, 1.82) is 0 Å². The number of nitrogens with one attached hydrogen (secondary N) is 1. The van der Waals surface area contributed by atoms with E-state index in [2.05, 4.69) is 21.2 Å². The molecule has 0 aliphatic rings. The zero-order chi connectivity index (χ0) is 14.9. The monoisotopic (exact) mass is 343 g/mol. The molecule has 0 unspecified atom stereocenters. The molecule has 0 saturated heterocycles. The van der Waals surface area contributed by atoms with Gasteiger partial charge in [0.2, 0.25) is 0 Å². The molecule has 1 amide bonds. The molecule has 104 valence electrons. The zero-order valence-electron chi connectivity index (χ0n) is 10.3. The molecular weight excluding hydrogens is 335 g/mol. The average molecular weight is 344 g/mol. The summed E-state index contributed by atoms with van der Waals surface area (Å²) in [6, 6.07) is 6.45. The Morgan fingerprint density at radius 1 is 1.10 bits per heavy atom. The van der Waals surface area contributed by atoms with Crippen molar-refractivity contribution in [2.24, 2.45) is 0 Å². The van der Waals surface area contributed by atoms with Crippen molar-refractivity contribution in [1.82, 2.24) is 0 Å². The number of amides is 1. The highest BCUT2D eigenvalue weighted by Gasteiger charge is 2.15. The molecule has 2 aromatic rings. The Bertz CT molecular complexity index is 665. The first kappa shape index (κ1) is 14.6. The second-order valence-electron chi connectivity index (χ2n) is 4.17. The van der Waals surface area contributed by atoms with Crippen molar-refractivity contribution >= 4 is 27.5 Å². The third-order valence-electron chi connectivity index (χ3n) is 2.68. The topological polar surface area (TPSA) is 29.1 Å². The summed E-state index contributed by atoms with van der Waals surface area (Å²) in [6.45, 7) is 1.77. The Morgan fingerprint density at radius 3 is 2.25 bits per heavy atom. The Labute approximate surface area is 121 Å². The number of benzene rings is 2. The van der Waals surface area contributed by atoms with Gasteiger partial charge in [0.25, 0.3) is 5.91 Å². The maximum absolute atomic E-state index is 13.1. The minimum Gasteiger partial charge on any atom is -0.322 e. The lowest BCUT2D eigenvalue weighted by Crippen LogP contribution is -2.14. The van der Waals surface area contributed by atoms with E-state index in [-0.39, 0.29) is 5.56 Å². The van der Waals surface area contributed by atoms with E-state index in [1.807, 2.05) is 0 Å². The van der Waals surface area contributed by atoms with Crippen molar-refractivity contribution < 1.29 is 18.0 Å². The predicted octanol–water partition coefficient (Wildman–Crippen LogP) is 4.43. The summed E-state index contributed by atoms with van der Waals surface area (Å²) in [5.41, 5.74) is 0.989. The van der Waals surface area contributed by atoms with Gasteiger partial charge in [0.15, 0.2) is 17.5 Å². The third-order valence-corrected chi connectivity index (χ3v) is 3.18. The first-order valence-electron chi connectivity index (χ1n) is 5.60. The highest BCUT2D eigenvalue weighted by molar-refractivity contribution is 9.10. The Hall–Kier alpha value is -1.82. The van der Waals surface area contributed by atoms with Crippen LogP contribution in [0, 0.1) is 24.4 Å². The van der Waals surface area contributed by atoms with Gasteiger partial charge in [-0.3, -0.25) is 4.79 Å². The average Bonchev–Trinajstić information content (AvgIpc) is 2.38. The summed E-state index contributed by atoms with van der Waals surface area (Å²) in [5.74, 6) is -5.11. The fraction of sp³-hybridized carbons (Fsp3) is 0.0714. The minimum absolute atomic E-state index is 0.288. The number of hydrogen-bond acceptors (Lipinski definition) is 1. The lowest BCUT2D eigenvalue weighted by molar-refractivity contribution is 0.102. The van der Waals surface area contributed by atoms with Crippen molar-refractivity contribution in [2.75, 3.05) is 5.32 Å². The number of aryl methyl sites for hydroxylation is 1. The summed E-state index contributed by atoms with van der Waals surface area (Å²) in [5, 5.41) is 2.51. The van der Waals surface area contributed by atoms with Crippen molar-refractivity contribution in [3.63, 3.8) is 0 Å². The van der Waals surface area contributed by atoms with Gasteiger partial charge < -0.3 is 5.32 Å². The first-order valence-corrected chi connectivity index (χ1v) is 6.40. The van der Waals surface area contributed by atoms with Gasteiger partial charge in [-0.15, -0.1) is 0 Å². The molecule has 20 heavy (non-hydrogen) atoms. The van der Waals surface area contributed by atoms with Crippen LogP contribution in [0.3, 0.4) is 0 Å². The molecule has 0 aliphatic heterocycles. The van der Waals surface area contributed by atoms with Crippen molar-refractivity contribution in [3.05, 3.63) is 63.4 Å². The summed E-state index contributed by atoms with van der Waals surface area (Å²) in [6.07, 6.45) is 0. The van der Waals surface area contributed by atoms with Crippen molar-refractivity contribution in [3.8, 4) is 0 Å². The molecule has 1 N–H and O–H groups in total. The van der Waals surface area contributed by atoms with Gasteiger partial charge >= 0.3 is 0 Å². The maximum Gasteiger partial charge on any atom is 0.255 e. The molecule has 0 aromatic heterocycles. The van der Waals surface area contributed by atoms with E-state index in [1.165, 1.54) is 0 Å². The minimum atomic E-state index is -1.60.